The first-order valence-corrected chi connectivity index (χ1v) is 7.14. The molecule has 0 aliphatic carbocycles. The molecule has 112 valence electrons. The predicted octanol–water partition coefficient (Wildman–Crippen LogP) is 3.05. The molecule has 4 heteroatoms. The number of benzene rings is 2. The number of aliphatic carboxylic acids is 1. The number of hydrogen-bond donors (Lipinski definition) is 2. The highest BCUT2D eigenvalue weighted by molar-refractivity contribution is 5.87. The summed E-state index contributed by atoms with van der Waals surface area (Å²) in [5.74, 6) is 0.222. The summed E-state index contributed by atoms with van der Waals surface area (Å²) >= 11 is 0. The molecule has 0 aliphatic rings. The van der Waals surface area contributed by atoms with Crippen LogP contribution in [0.4, 0.5) is 0 Å². The second-order valence-corrected chi connectivity index (χ2v) is 5.47. The van der Waals surface area contributed by atoms with Gasteiger partial charge in [-0.3, -0.25) is 0 Å². The van der Waals surface area contributed by atoms with Gasteiger partial charge < -0.3 is 15.2 Å². The normalized spacial score (nSPS) is 11.0. The molecule has 0 spiro atoms. The second kappa shape index (κ2) is 7.09. The Morgan fingerprint density at radius 3 is 2.71 bits per heavy atom. The Bertz CT molecular complexity index is 622. The predicted molar refractivity (Wildman–Crippen MR) is 83.6 cm³/mol. The van der Waals surface area contributed by atoms with Crippen molar-refractivity contribution in [3.8, 4) is 5.75 Å². The zero-order valence-electron chi connectivity index (χ0n) is 12.4. The first-order valence-electron chi connectivity index (χ1n) is 7.14. The number of carbonyl (C=O) groups is 1. The van der Waals surface area contributed by atoms with Crippen molar-refractivity contribution in [2.45, 2.75) is 20.4 Å². The number of fused-ring (bicyclic) bond motifs is 1. The van der Waals surface area contributed by atoms with E-state index in [0.717, 1.165) is 22.9 Å². The molecule has 0 radical (unpaired) electrons. The number of ether oxygens (including phenoxy) is 1. The van der Waals surface area contributed by atoms with E-state index >= 15 is 0 Å². The van der Waals surface area contributed by atoms with Gasteiger partial charge >= 0.3 is 5.97 Å². The third-order valence-electron chi connectivity index (χ3n) is 3.20. The van der Waals surface area contributed by atoms with Gasteiger partial charge in [-0.05, 0) is 29.3 Å². The van der Waals surface area contributed by atoms with Crippen LogP contribution < -0.4 is 10.1 Å². The minimum atomic E-state index is -0.968. The second-order valence-electron chi connectivity index (χ2n) is 5.47. The van der Waals surface area contributed by atoms with Crippen molar-refractivity contribution >= 4 is 16.7 Å². The van der Waals surface area contributed by atoms with Gasteiger partial charge in [0.2, 0.25) is 0 Å². The summed E-state index contributed by atoms with van der Waals surface area (Å²) in [4.78, 5) is 10.7. The van der Waals surface area contributed by atoms with Gasteiger partial charge in [0, 0.05) is 12.1 Å². The van der Waals surface area contributed by atoms with Crippen molar-refractivity contribution in [1.82, 2.24) is 5.32 Å². The average molecular weight is 287 g/mol. The van der Waals surface area contributed by atoms with E-state index in [1.807, 2.05) is 36.4 Å². The summed E-state index contributed by atoms with van der Waals surface area (Å²) in [5, 5.41) is 14.4. The van der Waals surface area contributed by atoms with E-state index in [4.69, 9.17) is 9.84 Å². The van der Waals surface area contributed by atoms with Crippen molar-refractivity contribution < 1.29 is 14.6 Å². The molecule has 0 atom stereocenters. The summed E-state index contributed by atoms with van der Waals surface area (Å²) in [6, 6.07) is 11.9. The molecule has 2 aromatic rings. The summed E-state index contributed by atoms with van der Waals surface area (Å²) in [7, 11) is 0. The number of rotatable bonds is 7. The van der Waals surface area contributed by atoms with Gasteiger partial charge in [-0.25, -0.2) is 4.79 Å². The van der Waals surface area contributed by atoms with E-state index in [9.17, 15) is 4.79 Å². The Morgan fingerprint density at radius 1 is 1.24 bits per heavy atom. The molecule has 0 aliphatic heterocycles. The molecule has 0 fully saturated rings. The molecule has 2 N–H and O–H groups in total. The average Bonchev–Trinajstić information content (AvgIpc) is 2.45. The largest absolute Gasteiger partial charge is 0.482 e. The van der Waals surface area contributed by atoms with Crippen LogP contribution >= 0.6 is 0 Å². The Balaban J connectivity index is 2.30. The summed E-state index contributed by atoms with van der Waals surface area (Å²) in [5.41, 5.74) is 1.01. The van der Waals surface area contributed by atoms with Crippen LogP contribution in [-0.4, -0.2) is 24.2 Å². The summed E-state index contributed by atoms with van der Waals surface area (Å²) in [6.07, 6.45) is 0. The SMILES string of the molecule is CC(C)CNCc1c(OCC(=O)O)ccc2ccccc12. The summed E-state index contributed by atoms with van der Waals surface area (Å²) < 4.78 is 5.42. The Morgan fingerprint density at radius 2 is 2.00 bits per heavy atom. The zero-order valence-corrected chi connectivity index (χ0v) is 12.4. The Kier molecular flexibility index (Phi) is 5.17. The Labute approximate surface area is 124 Å². The third-order valence-corrected chi connectivity index (χ3v) is 3.20. The molecule has 21 heavy (non-hydrogen) atoms. The highest BCUT2D eigenvalue weighted by Crippen LogP contribution is 2.28. The molecule has 0 aromatic heterocycles. The lowest BCUT2D eigenvalue weighted by atomic mass is 10.0. The molecule has 0 saturated heterocycles. The van der Waals surface area contributed by atoms with Crippen LogP contribution in [0.3, 0.4) is 0 Å². The van der Waals surface area contributed by atoms with E-state index in [0.29, 0.717) is 18.2 Å². The molecule has 0 unspecified atom stereocenters. The van der Waals surface area contributed by atoms with Gasteiger partial charge in [-0.15, -0.1) is 0 Å². The molecule has 4 nitrogen and oxygen atoms in total. The van der Waals surface area contributed by atoms with Crippen LogP contribution in [0.15, 0.2) is 36.4 Å². The maximum Gasteiger partial charge on any atom is 0.341 e. The van der Waals surface area contributed by atoms with Gasteiger partial charge in [-0.2, -0.15) is 0 Å². The smallest absolute Gasteiger partial charge is 0.341 e. The summed E-state index contributed by atoms with van der Waals surface area (Å²) in [6.45, 7) is 5.54. The fourth-order valence-corrected chi connectivity index (χ4v) is 2.26. The molecular weight excluding hydrogens is 266 g/mol. The zero-order chi connectivity index (χ0) is 15.2. The van der Waals surface area contributed by atoms with Crippen molar-refractivity contribution in [2.75, 3.05) is 13.2 Å². The van der Waals surface area contributed by atoms with E-state index in [-0.39, 0.29) is 6.61 Å². The number of hydrogen-bond acceptors (Lipinski definition) is 3. The maximum absolute atomic E-state index is 10.7. The molecular formula is C17H21NO3. The molecule has 2 rings (SSSR count). The topological polar surface area (TPSA) is 58.6 Å². The minimum Gasteiger partial charge on any atom is -0.482 e. The van der Waals surface area contributed by atoms with Crippen LogP contribution in [0.25, 0.3) is 10.8 Å². The fraction of sp³-hybridized carbons (Fsp3) is 0.353. The first-order chi connectivity index (χ1) is 10.1. The van der Waals surface area contributed by atoms with Crippen LogP contribution in [-0.2, 0) is 11.3 Å². The Hall–Kier alpha value is -2.07. The van der Waals surface area contributed by atoms with E-state index < -0.39 is 5.97 Å². The maximum atomic E-state index is 10.7. The van der Waals surface area contributed by atoms with Crippen molar-refractivity contribution in [2.24, 2.45) is 5.92 Å². The number of carboxylic acid groups (broad SMARTS) is 1. The van der Waals surface area contributed by atoms with Crippen LogP contribution in [0, 0.1) is 5.92 Å². The van der Waals surface area contributed by atoms with Gasteiger partial charge in [0.1, 0.15) is 5.75 Å². The quantitative estimate of drug-likeness (QED) is 0.821. The lowest BCUT2D eigenvalue weighted by molar-refractivity contribution is -0.139. The highest BCUT2D eigenvalue weighted by Gasteiger charge is 2.10. The lowest BCUT2D eigenvalue weighted by Gasteiger charge is -2.15. The van der Waals surface area contributed by atoms with Gasteiger partial charge in [0.15, 0.2) is 6.61 Å². The van der Waals surface area contributed by atoms with Crippen LogP contribution in [0.2, 0.25) is 0 Å². The molecule has 2 aromatic carbocycles. The van der Waals surface area contributed by atoms with E-state index in [1.54, 1.807) is 0 Å². The van der Waals surface area contributed by atoms with Gasteiger partial charge in [0.05, 0.1) is 0 Å². The van der Waals surface area contributed by atoms with Crippen molar-refractivity contribution in [1.29, 1.82) is 0 Å². The standard InChI is InChI=1S/C17H21NO3/c1-12(2)9-18-10-15-14-6-4-3-5-13(14)7-8-16(15)21-11-17(19)20/h3-8,12,18H,9-11H2,1-2H3,(H,19,20). The number of carboxylic acids is 1. The number of nitrogens with one attached hydrogen (secondary N) is 1. The minimum absolute atomic E-state index is 0.324. The third kappa shape index (κ3) is 4.20. The molecule has 0 heterocycles. The van der Waals surface area contributed by atoms with E-state index in [1.165, 1.54) is 0 Å². The van der Waals surface area contributed by atoms with Crippen LogP contribution in [0.1, 0.15) is 19.4 Å². The van der Waals surface area contributed by atoms with Crippen LogP contribution in [0.5, 0.6) is 5.75 Å². The fourth-order valence-electron chi connectivity index (χ4n) is 2.26. The van der Waals surface area contributed by atoms with E-state index in [2.05, 4.69) is 19.2 Å². The van der Waals surface area contributed by atoms with Crippen molar-refractivity contribution in [3.63, 3.8) is 0 Å². The molecule has 0 amide bonds. The van der Waals surface area contributed by atoms with Crippen molar-refractivity contribution in [3.05, 3.63) is 42.0 Å². The molecule has 0 bridgehead atoms. The van der Waals surface area contributed by atoms with Gasteiger partial charge in [-0.1, -0.05) is 44.2 Å². The molecule has 0 saturated carbocycles. The lowest BCUT2D eigenvalue weighted by Crippen LogP contribution is -2.20. The highest BCUT2D eigenvalue weighted by atomic mass is 16.5. The first kappa shape index (κ1) is 15.3. The monoisotopic (exact) mass is 287 g/mol. The van der Waals surface area contributed by atoms with Gasteiger partial charge in [0.25, 0.3) is 0 Å².